The van der Waals surface area contributed by atoms with Gasteiger partial charge in [0, 0.05) is 16.6 Å². The topological polar surface area (TPSA) is 93.0 Å². The predicted octanol–water partition coefficient (Wildman–Crippen LogP) is 4.41. The number of benzene rings is 3. The van der Waals surface area contributed by atoms with Crippen molar-refractivity contribution in [2.45, 2.75) is 12.1 Å². The predicted molar refractivity (Wildman–Crippen MR) is 120 cm³/mol. The third-order valence-corrected chi connectivity index (χ3v) is 6.19. The maximum Gasteiger partial charge on any atom is 0.269 e. The summed E-state index contributed by atoms with van der Waals surface area (Å²) in [6.45, 7) is 0. The Hall–Kier alpha value is -3.56. The highest BCUT2D eigenvalue weighted by Gasteiger charge is 2.60. The first-order chi connectivity index (χ1) is 15.5. The SMILES string of the molecule is O=C1[C@@H]2[C@@H](ON(c3ccccc3)[C@H]2c2ccc([N+](=O)[O-])cc2)C(=O)N1c1ccc(Br)cc1. The third kappa shape index (κ3) is 3.26. The van der Waals surface area contributed by atoms with E-state index in [1.54, 1.807) is 41.5 Å². The van der Waals surface area contributed by atoms with Crippen molar-refractivity contribution >= 4 is 44.8 Å². The third-order valence-electron chi connectivity index (χ3n) is 5.66. The van der Waals surface area contributed by atoms with E-state index in [0.29, 0.717) is 16.9 Å². The molecule has 0 N–H and O–H groups in total. The molecule has 2 fully saturated rings. The van der Waals surface area contributed by atoms with Gasteiger partial charge >= 0.3 is 0 Å². The molecule has 0 radical (unpaired) electrons. The van der Waals surface area contributed by atoms with Gasteiger partial charge in [-0.3, -0.25) is 24.5 Å². The molecular weight excluding hydrogens is 478 g/mol. The minimum atomic E-state index is -0.994. The molecule has 0 saturated carbocycles. The average molecular weight is 494 g/mol. The van der Waals surface area contributed by atoms with Crippen LogP contribution in [0.4, 0.5) is 17.1 Å². The number of rotatable bonds is 4. The summed E-state index contributed by atoms with van der Waals surface area (Å²) in [6.07, 6.45) is -0.994. The standard InChI is InChI=1S/C23H16BrN3O5/c24-15-8-12-16(13-9-15)25-22(28)19-20(14-6-10-18(11-7-14)27(30)31)26(32-21(19)23(25)29)17-4-2-1-3-5-17/h1-13,19-21H/t19-,20-,21+/m0/s1. The van der Waals surface area contributed by atoms with Gasteiger partial charge < -0.3 is 0 Å². The maximum absolute atomic E-state index is 13.5. The first kappa shape index (κ1) is 20.3. The normalized spacial score (nSPS) is 22.3. The number of carbonyl (C=O) groups is 2. The van der Waals surface area contributed by atoms with E-state index in [1.165, 1.54) is 12.1 Å². The summed E-state index contributed by atoms with van der Waals surface area (Å²) < 4.78 is 0.829. The Morgan fingerprint density at radius 3 is 2.12 bits per heavy atom. The second kappa shape index (κ2) is 7.85. The monoisotopic (exact) mass is 493 g/mol. The van der Waals surface area contributed by atoms with Crippen LogP contribution in [0.2, 0.25) is 0 Å². The number of halogens is 1. The molecule has 2 heterocycles. The molecule has 2 aliphatic heterocycles. The Bertz CT molecular complexity index is 1200. The zero-order valence-electron chi connectivity index (χ0n) is 16.5. The molecule has 0 spiro atoms. The Kier molecular flexibility index (Phi) is 4.99. The molecule has 2 amide bonds. The average Bonchev–Trinajstić information content (AvgIpc) is 3.31. The highest BCUT2D eigenvalue weighted by molar-refractivity contribution is 9.10. The van der Waals surface area contributed by atoms with Crippen LogP contribution in [0.5, 0.6) is 0 Å². The van der Waals surface area contributed by atoms with Crippen LogP contribution in [0.25, 0.3) is 0 Å². The number of nitrogens with zero attached hydrogens (tertiary/aromatic N) is 3. The van der Waals surface area contributed by atoms with Gasteiger partial charge in [0.05, 0.1) is 22.3 Å². The molecule has 3 atom stereocenters. The summed E-state index contributed by atoms with van der Waals surface area (Å²) in [6, 6.07) is 21.4. The van der Waals surface area contributed by atoms with Crippen molar-refractivity contribution in [3.63, 3.8) is 0 Å². The lowest BCUT2D eigenvalue weighted by Gasteiger charge is -2.28. The lowest BCUT2D eigenvalue weighted by Crippen LogP contribution is -2.37. The number of nitro benzene ring substituents is 1. The number of nitro groups is 1. The Morgan fingerprint density at radius 1 is 0.844 bits per heavy atom. The number of imide groups is 1. The van der Waals surface area contributed by atoms with Crippen LogP contribution in [-0.4, -0.2) is 22.8 Å². The zero-order valence-corrected chi connectivity index (χ0v) is 18.1. The number of hydrogen-bond acceptors (Lipinski definition) is 6. The lowest BCUT2D eigenvalue weighted by molar-refractivity contribution is -0.384. The van der Waals surface area contributed by atoms with E-state index in [4.69, 9.17) is 4.84 Å². The number of carbonyl (C=O) groups excluding carboxylic acids is 2. The first-order valence-corrected chi connectivity index (χ1v) is 10.6. The van der Waals surface area contributed by atoms with Crippen molar-refractivity contribution in [2.75, 3.05) is 9.96 Å². The molecule has 8 nitrogen and oxygen atoms in total. The molecule has 2 saturated heterocycles. The Labute approximate surface area is 191 Å². The quantitative estimate of drug-likeness (QED) is 0.303. The summed E-state index contributed by atoms with van der Waals surface area (Å²) in [4.78, 5) is 44.5. The van der Waals surface area contributed by atoms with Crippen LogP contribution in [0.15, 0.2) is 83.3 Å². The van der Waals surface area contributed by atoms with E-state index in [0.717, 1.165) is 9.37 Å². The Morgan fingerprint density at radius 2 is 1.50 bits per heavy atom. The van der Waals surface area contributed by atoms with Gasteiger partial charge in [0.25, 0.3) is 11.6 Å². The van der Waals surface area contributed by atoms with Crippen molar-refractivity contribution in [3.8, 4) is 0 Å². The number of non-ortho nitro benzene ring substituents is 1. The second-order valence-corrected chi connectivity index (χ2v) is 8.41. The van der Waals surface area contributed by atoms with Gasteiger partial charge in [-0.25, -0.2) is 9.96 Å². The van der Waals surface area contributed by atoms with E-state index in [-0.39, 0.29) is 11.6 Å². The molecule has 0 aromatic heterocycles. The van der Waals surface area contributed by atoms with Crippen LogP contribution < -0.4 is 9.96 Å². The lowest BCUT2D eigenvalue weighted by atomic mass is 9.90. The van der Waals surface area contributed by atoms with Crippen molar-refractivity contribution in [2.24, 2.45) is 5.92 Å². The maximum atomic E-state index is 13.5. The molecule has 3 aromatic rings. The van der Waals surface area contributed by atoms with Crippen molar-refractivity contribution in [1.29, 1.82) is 0 Å². The minimum Gasteiger partial charge on any atom is -0.273 e. The summed E-state index contributed by atoms with van der Waals surface area (Å²) in [5, 5.41) is 12.6. The number of hydrogen-bond donors (Lipinski definition) is 0. The first-order valence-electron chi connectivity index (χ1n) is 9.84. The molecule has 160 valence electrons. The van der Waals surface area contributed by atoms with Gasteiger partial charge in [-0.05, 0) is 42.0 Å². The molecular formula is C23H16BrN3O5. The largest absolute Gasteiger partial charge is 0.273 e. The van der Waals surface area contributed by atoms with Crippen LogP contribution in [0.1, 0.15) is 11.6 Å². The van der Waals surface area contributed by atoms with Crippen molar-refractivity contribution in [1.82, 2.24) is 0 Å². The highest BCUT2D eigenvalue weighted by atomic mass is 79.9. The summed E-state index contributed by atoms with van der Waals surface area (Å²) in [7, 11) is 0. The molecule has 3 aromatic carbocycles. The molecule has 0 bridgehead atoms. The van der Waals surface area contributed by atoms with Crippen LogP contribution >= 0.6 is 15.9 Å². The Balaban J connectivity index is 1.57. The minimum absolute atomic E-state index is 0.0548. The van der Waals surface area contributed by atoms with Gasteiger partial charge in [-0.2, -0.15) is 0 Å². The number of hydroxylamine groups is 1. The smallest absolute Gasteiger partial charge is 0.269 e. The molecule has 5 rings (SSSR count). The van der Waals surface area contributed by atoms with Gasteiger partial charge in [0.1, 0.15) is 5.92 Å². The van der Waals surface area contributed by atoms with E-state index in [1.807, 2.05) is 30.3 Å². The van der Waals surface area contributed by atoms with E-state index < -0.39 is 28.9 Å². The molecule has 9 heteroatoms. The second-order valence-electron chi connectivity index (χ2n) is 7.49. The van der Waals surface area contributed by atoms with Crippen LogP contribution in [0, 0.1) is 16.0 Å². The zero-order chi connectivity index (χ0) is 22.4. The summed E-state index contributed by atoms with van der Waals surface area (Å²) in [5.41, 5.74) is 1.74. The highest BCUT2D eigenvalue weighted by Crippen LogP contribution is 2.47. The van der Waals surface area contributed by atoms with E-state index in [9.17, 15) is 19.7 Å². The van der Waals surface area contributed by atoms with E-state index in [2.05, 4.69) is 15.9 Å². The van der Waals surface area contributed by atoms with Gasteiger partial charge in [0.2, 0.25) is 5.91 Å². The molecule has 0 unspecified atom stereocenters. The van der Waals surface area contributed by atoms with Crippen LogP contribution in [-0.2, 0) is 14.4 Å². The van der Waals surface area contributed by atoms with Crippen molar-refractivity contribution in [3.05, 3.63) is 99.0 Å². The molecule has 2 aliphatic rings. The van der Waals surface area contributed by atoms with Crippen molar-refractivity contribution < 1.29 is 19.3 Å². The van der Waals surface area contributed by atoms with Gasteiger partial charge in [0.15, 0.2) is 6.10 Å². The van der Waals surface area contributed by atoms with Gasteiger partial charge in [-0.15, -0.1) is 0 Å². The van der Waals surface area contributed by atoms with Gasteiger partial charge in [-0.1, -0.05) is 46.3 Å². The van der Waals surface area contributed by atoms with E-state index >= 15 is 0 Å². The number of anilines is 2. The van der Waals surface area contributed by atoms with Crippen LogP contribution in [0.3, 0.4) is 0 Å². The fraction of sp³-hybridized carbons (Fsp3) is 0.130. The summed E-state index contributed by atoms with van der Waals surface area (Å²) >= 11 is 3.36. The fourth-order valence-corrected chi connectivity index (χ4v) is 4.45. The summed E-state index contributed by atoms with van der Waals surface area (Å²) in [5.74, 6) is -1.61. The number of amides is 2. The number of para-hydroxylation sites is 1. The number of fused-ring (bicyclic) bond motifs is 1. The molecule has 0 aliphatic carbocycles. The fourth-order valence-electron chi connectivity index (χ4n) is 4.19. The molecule has 32 heavy (non-hydrogen) atoms.